The van der Waals surface area contributed by atoms with Gasteiger partial charge in [-0.05, 0) is 33.1 Å². The summed E-state index contributed by atoms with van der Waals surface area (Å²) in [5.41, 5.74) is 1.17. The average Bonchev–Trinajstić information content (AvgIpc) is 2.53. The summed E-state index contributed by atoms with van der Waals surface area (Å²) < 4.78 is 5.30. The molecule has 1 aliphatic rings. The molecule has 8 heteroatoms. The van der Waals surface area contributed by atoms with Gasteiger partial charge in [-0.1, -0.05) is 23.9 Å². The number of esters is 1. The lowest BCUT2D eigenvalue weighted by molar-refractivity contribution is -0.385. The Hall–Kier alpha value is -2.35. The number of aliphatic imine (C=N–C) groups is 1. The number of nitrogens with one attached hydrogen (secondary N) is 1. The number of benzene rings is 1. The molecule has 2 rings (SSSR count). The van der Waals surface area contributed by atoms with Gasteiger partial charge in [0.15, 0.2) is 5.17 Å². The second-order valence-electron chi connectivity index (χ2n) is 5.47. The van der Waals surface area contributed by atoms with Gasteiger partial charge in [0, 0.05) is 11.8 Å². The second kappa shape index (κ2) is 7.48. The van der Waals surface area contributed by atoms with Crippen molar-refractivity contribution in [2.24, 2.45) is 4.99 Å². The quantitative estimate of drug-likeness (QED) is 0.510. The summed E-state index contributed by atoms with van der Waals surface area (Å²) in [6.45, 7) is 5.24. The van der Waals surface area contributed by atoms with Gasteiger partial charge in [-0.3, -0.25) is 10.1 Å². The zero-order valence-electron chi connectivity index (χ0n) is 13.9. The van der Waals surface area contributed by atoms with Gasteiger partial charge >= 0.3 is 5.97 Å². The lowest BCUT2D eigenvalue weighted by Gasteiger charge is -2.25. The maximum atomic E-state index is 12.5. The normalized spacial score (nSPS) is 17.4. The third-order valence-electron chi connectivity index (χ3n) is 3.40. The standard InChI is InChI=1S/C16H19N3O4S/c1-9(2)23-15(20)13-10(3)17-16(24-4)18-14(13)11-7-5-6-8-12(11)19(21)22/h5-9,14H,1-4H3,(H,17,18). The van der Waals surface area contributed by atoms with E-state index < -0.39 is 16.9 Å². The monoisotopic (exact) mass is 349 g/mol. The van der Waals surface area contributed by atoms with Crippen molar-refractivity contribution in [3.63, 3.8) is 0 Å². The van der Waals surface area contributed by atoms with Crippen LogP contribution in [0.5, 0.6) is 0 Å². The van der Waals surface area contributed by atoms with Crippen LogP contribution in [0.3, 0.4) is 0 Å². The van der Waals surface area contributed by atoms with E-state index in [-0.39, 0.29) is 17.4 Å². The van der Waals surface area contributed by atoms with Gasteiger partial charge in [-0.25, -0.2) is 9.79 Å². The Morgan fingerprint density at radius 2 is 2.08 bits per heavy atom. The van der Waals surface area contributed by atoms with Crippen molar-refractivity contribution in [1.29, 1.82) is 0 Å². The first-order valence-corrected chi connectivity index (χ1v) is 8.61. The summed E-state index contributed by atoms with van der Waals surface area (Å²) in [6, 6.07) is 5.53. The molecule has 0 amide bonds. The Labute approximate surface area is 144 Å². The van der Waals surface area contributed by atoms with Crippen molar-refractivity contribution in [1.82, 2.24) is 5.32 Å². The minimum Gasteiger partial charge on any atom is -0.459 e. The molecule has 0 saturated heterocycles. The molecule has 0 fully saturated rings. The Kier molecular flexibility index (Phi) is 5.61. The molecule has 1 N–H and O–H groups in total. The van der Waals surface area contributed by atoms with Gasteiger partial charge in [-0.15, -0.1) is 0 Å². The van der Waals surface area contributed by atoms with Crippen LogP contribution in [-0.4, -0.2) is 28.4 Å². The fourth-order valence-electron chi connectivity index (χ4n) is 2.40. The summed E-state index contributed by atoms with van der Waals surface area (Å²) >= 11 is 1.37. The Bertz CT molecular complexity index is 728. The SMILES string of the molecule is CSC1=NC(c2ccccc2[N+](=O)[O-])C(C(=O)OC(C)C)=C(C)N1. The molecule has 1 aliphatic heterocycles. The number of hydrogen-bond acceptors (Lipinski definition) is 7. The number of allylic oxidation sites excluding steroid dienone is 1. The van der Waals surface area contributed by atoms with Crippen LogP contribution in [0.25, 0.3) is 0 Å². The van der Waals surface area contributed by atoms with E-state index in [0.717, 1.165) is 0 Å². The van der Waals surface area contributed by atoms with E-state index in [1.54, 1.807) is 39.0 Å². The molecule has 1 atom stereocenters. The lowest BCUT2D eigenvalue weighted by atomic mass is 9.95. The van der Waals surface area contributed by atoms with E-state index in [4.69, 9.17) is 4.74 Å². The van der Waals surface area contributed by atoms with Crippen molar-refractivity contribution in [2.75, 3.05) is 6.26 Å². The first-order chi connectivity index (χ1) is 11.3. The molecule has 128 valence electrons. The van der Waals surface area contributed by atoms with Crippen LogP contribution in [0, 0.1) is 10.1 Å². The smallest absolute Gasteiger partial charge is 0.338 e. The summed E-state index contributed by atoms with van der Waals surface area (Å²) in [5.74, 6) is -0.526. The minimum atomic E-state index is -0.776. The molecule has 0 radical (unpaired) electrons. The predicted molar refractivity (Wildman–Crippen MR) is 93.9 cm³/mol. The number of amidine groups is 1. The molecule has 0 bridgehead atoms. The topological polar surface area (TPSA) is 93.8 Å². The van der Waals surface area contributed by atoms with Crippen LogP contribution in [0.4, 0.5) is 5.69 Å². The fraction of sp³-hybridized carbons (Fsp3) is 0.375. The average molecular weight is 349 g/mol. The van der Waals surface area contributed by atoms with Crippen LogP contribution in [0.1, 0.15) is 32.4 Å². The van der Waals surface area contributed by atoms with E-state index in [2.05, 4.69) is 10.3 Å². The second-order valence-corrected chi connectivity index (χ2v) is 6.27. The van der Waals surface area contributed by atoms with E-state index >= 15 is 0 Å². The highest BCUT2D eigenvalue weighted by atomic mass is 32.2. The Morgan fingerprint density at radius 1 is 1.42 bits per heavy atom. The maximum Gasteiger partial charge on any atom is 0.338 e. The summed E-state index contributed by atoms with van der Waals surface area (Å²) in [4.78, 5) is 27.9. The van der Waals surface area contributed by atoms with Crippen LogP contribution >= 0.6 is 11.8 Å². The summed E-state index contributed by atoms with van der Waals surface area (Å²) in [5, 5.41) is 15.0. The van der Waals surface area contributed by atoms with E-state index in [9.17, 15) is 14.9 Å². The molecule has 1 aromatic rings. The maximum absolute atomic E-state index is 12.5. The highest BCUT2D eigenvalue weighted by Crippen LogP contribution is 2.37. The number of hydrogen-bond donors (Lipinski definition) is 1. The molecule has 7 nitrogen and oxygen atoms in total. The molecule has 1 unspecified atom stereocenters. The molecule has 0 aromatic heterocycles. The zero-order chi connectivity index (χ0) is 17.9. The number of thioether (sulfide) groups is 1. The molecular formula is C16H19N3O4S. The molecule has 0 aliphatic carbocycles. The highest BCUT2D eigenvalue weighted by molar-refractivity contribution is 8.13. The largest absolute Gasteiger partial charge is 0.459 e. The van der Waals surface area contributed by atoms with Crippen molar-refractivity contribution < 1.29 is 14.5 Å². The van der Waals surface area contributed by atoms with Gasteiger partial charge < -0.3 is 10.1 Å². The van der Waals surface area contributed by atoms with Crippen LogP contribution in [0.15, 0.2) is 40.5 Å². The van der Waals surface area contributed by atoms with Gasteiger partial charge in [0.2, 0.25) is 0 Å². The van der Waals surface area contributed by atoms with Gasteiger partial charge in [-0.2, -0.15) is 0 Å². The first-order valence-electron chi connectivity index (χ1n) is 7.39. The van der Waals surface area contributed by atoms with Crippen molar-refractivity contribution in [3.8, 4) is 0 Å². The number of nitro groups is 1. The molecule has 0 spiro atoms. The molecule has 1 aromatic carbocycles. The predicted octanol–water partition coefficient (Wildman–Crippen LogP) is 3.18. The highest BCUT2D eigenvalue weighted by Gasteiger charge is 2.34. The number of ether oxygens (including phenoxy) is 1. The van der Waals surface area contributed by atoms with E-state index in [1.165, 1.54) is 17.8 Å². The van der Waals surface area contributed by atoms with Gasteiger partial charge in [0.25, 0.3) is 5.69 Å². The summed E-state index contributed by atoms with van der Waals surface area (Å²) in [7, 11) is 0. The van der Waals surface area contributed by atoms with Crippen LogP contribution < -0.4 is 5.32 Å². The third kappa shape index (κ3) is 3.76. The van der Waals surface area contributed by atoms with E-state index in [1.807, 2.05) is 6.26 Å². The van der Waals surface area contributed by atoms with Gasteiger partial charge in [0.1, 0.15) is 6.04 Å². The Morgan fingerprint density at radius 3 is 2.67 bits per heavy atom. The number of carbonyl (C=O) groups excluding carboxylic acids is 1. The Balaban J connectivity index is 2.57. The van der Waals surface area contributed by atoms with Crippen molar-refractivity contribution >= 4 is 28.6 Å². The first kappa shape index (κ1) is 18.0. The summed E-state index contributed by atoms with van der Waals surface area (Å²) in [6.07, 6.45) is 1.54. The van der Waals surface area contributed by atoms with E-state index in [0.29, 0.717) is 16.4 Å². The number of rotatable bonds is 4. The van der Waals surface area contributed by atoms with Crippen molar-refractivity contribution in [2.45, 2.75) is 32.9 Å². The van der Waals surface area contributed by atoms with Crippen LogP contribution in [-0.2, 0) is 9.53 Å². The third-order valence-corrected chi connectivity index (χ3v) is 4.00. The minimum absolute atomic E-state index is 0.0729. The fourth-order valence-corrected chi connectivity index (χ4v) is 2.87. The number of nitro benzene ring substituents is 1. The number of carbonyl (C=O) groups is 1. The molecule has 1 heterocycles. The zero-order valence-corrected chi connectivity index (χ0v) is 14.7. The number of nitrogens with zero attached hydrogens (tertiary/aromatic N) is 2. The molecular weight excluding hydrogens is 330 g/mol. The number of para-hydroxylation sites is 1. The van der Waals surface area contributed by atoms with Crippen molar-refractivity contribution in [3.05, 3.63) is 51.2 Å². The van der Waals surface area contributed by atoms with Crippen LogP contribution in [0.2, 0.25) is 0 Å². The molecule has 24 heavy (non-hydrogen) atoms. The molecule has 0 saturated carbocycles. The van der Waals surface area contributed by atoms with Gasteiger partial charge in [0.05, 0.1) is 22.2 Å². The lowest BCUT2D eigenvalue weighted by Crippen LogP contribution is -2.31.